The van der Waals surface area contributed by atoms with Crippen LogP contribution in [0.4, 0.5) is 0 Å². The van der Waals surface area contributed by atoms with Gasteiger partial charge in [0.15, 0.2) is 5.65 Å². The predicted octanol–water partition coefficient (Wildman–Crippen LogP) is 3.36. The molecule has 1 amide bonds. The Morgan fingerprint density at radius 2 is 1.71 bits per heavy atom. The van der Waals surface area contributed by atoms with Crippen LogP contribution in [0, 0.1) is 0 Å². The Kier molecular flexibility index (Phi) is 5.95. The number of carbonyl (C=O) groups excluding carboxylic acids is 1. The molecule has 31 heavy (non-hydrogen) atoms. The number of aromatic nitrogens is 3. The van der Waals surface area contributed by atoms with Crippen molar-refractivity contribution >= 4 is 11.6 Å². The normalized spacial score (nSPS) is 11.1. The first-order chi connectivity index (χ1) is 15.0. The maximum Gasteiger partial charge on any atom is 0.270 e. The molecule has 0 unspecified atom stereocenters. The van der Waals surface area contributed by atoms with Crippen LogP contribution < -0.4 is 10.1 Å². The molecule has 0 atom stereocenters. The van der Waals surface area contributed by atoms with Crippen molar-refractivity contribution < 1.29 is 9.53 Å². The van der Waals surface area contributed by atoms with Gasteiger partial charge in [-0.05, 0) is 44.4 Å². The van der Waals surface area contributed by atoms with E-state index in [-0.39, 0.29) is 5.91 Å². The maximum atomic E-state index is 13.0. The predicted molar refractivity (Wildman–Crippen MR) is 121 cm³/mol. The summed E-state index contributed by atoms with van der Waals surface area (Å²) in [6, 6.07) is 21.2. The number of nitrogens with zero attached hydrogens (tertiary/aromatic N) is 4. The van der Waals surface area contributed by atoms with Crippen molar-refractivity contribution in [3.8, 4) is 28.3 Å². The van der Waals surface area contributed by atoms with Gasteiger partial charge in [-0.1, -0.05) is 30.3 Å². The van der Waals surface area contributed by atoms with Crippen LogP contribution in [0.5, 0.6) is 5.75 Å². The molecule has 158 valence electrons. The fraction of sp³-hybridized carbons (Fsp3) is 0.208. The monoisotopic (exact) mass is 415 g/mol. The highest BCUT2D eigenvalue weighted by Gasteiger charge is 2.17. The highest BCUT2D eigenvalue weighted by molar-refractivity contribution is 5.94. The smallest absolute Gasteiger partial charge is 0.270 e. The van der Waals surface area contributed by atoms with E-state index in [0.29, 0.717) is 23.6 Å². The molecule has 2 heterocycles. The Bertz CT molecular complexity index is 1180. The number of ether oxygens (including phenoxy) is 1. The number of nitrogens with one attached hydrogen (secondary N) is 1. The Morgan fingerprint density at radius 3 is 2.39 bits per heavy atom. The zero-order chi connectivity index (χ0) is 21.8. The van der Waals surface area contributed by atoms with Gasteiger partial charge in [-0.3, -0.25) is 4.79 Å². The van der Waals surface area contributed by atoms with Crippen molar-refractivity contribution in [2.75, 3.05) is 34.3 Å². The van der Waals surface area contributed by atoms with Gasteiger partial charge >= 0.3 is 0 Å². The average Bonchev–Trinajstić information content (AvgIpc) is 3.23. The van der Waals surface area contributed by atoms with Crippen LogP contribution in [0.2, 0.25) is 0 Å². The van der Waals surface area contributed by atoms with Crippen molar-refractivity contribution in [1.82, 2.24) is 24.8 Å². The molecule has 7 heteroatoms. The van der Waals surface area contributed by atoms with E-state index in [1.165, 1.54) is 0 Å². The van der Waals surface area contributed by atoms with Crippen molar-refractivity contribution in [3.05, 3.63) is 72.4 Å². The first-order valence-electron chi connectivity index (χ1n) is 10.1. The maximum absolute atomic E-state index is 13.0. The van der Waals surface area contributed by atoms with Gasteiger partial charge in [0.1, 0.15) is 11.4 Å². The Labute approximate surface area is 181 Å². The standard InChI is InChI=1S/C24H25N5O2/c1-28(2)14-13-25-24(30)22-15-20(18-9-11-19(31-3)12-10-18)26-23-16-21(27-29(22)23)17-7-5-4-6-8-17/h4-12,15-16H,13-14H2,1-3H3,(H,25,30). The van der Waals surface area contributed by atoms with Crippen LogP contribution in [0.15, 0.2) is 66.7 Å². The van der Waals surface area contributed by atoms with Gasteiger partial charge in [0.05, 0.1) is 18.5 Å². The molecular formula is C24H25N5O2. The van der Waals surface area contributed by atoms with Gasteiger partial charge in [0.2, 0.25) is 0 Å². The second-order valence-electron chi connectivity index (χ2n) is 7.48. The summed E-state index contributed by atoms with van der Waals surface area (Å²) >= 11 is 0. The summed E-state index contributed by atoms with van der Waals surface area (Å²) < 4.78 is 6.86. The van der Waals surface area contributed by atoms with E-state index in [0.717, 1.165) is 29.1 Å². The molecule has 0 saturated carbocycles. The van der Waals surface area contributed by atoms with Gasteiger partial charge in [0, 0.05) is 30.3 Å². The second-order valence-corrected chi connectivity index (χ2v) is 7.48. The molecule has 0 radical (unpaired) electrons. The summed E-state index contributed by atoms with van der Waals surface area (Å²) in [5, 5.41) is 7.65. The van der Waals surface area contributed by atoms with Crippen LogP contribution in [-0.4, -0.2) is 59.7 Å². The molecule has 0 fully saturated rings. The lowest BCUT2D eigenvalue weighted by Crippen LogP contribution is -2.32. The third-order valence-electron chi connectivity index (χ3n) is 4.96. The molecule has 0 aliphatic heterocycles. The van der Waals surface area contributed by atoms with Crippen LogP contribution >= 0.6 is 0 Å². The molecule has 0 bridgehead atoms. The van der Waals surface area contributed by atoms with Crippen molar-refractivity contribution in [1.29, 1.82) is 0 Å². The number of fused-ring (bicyclic) bond motifs is 1. The minimum Gasteiger partial charge on any atom is -0.497 e. The van der Waals surface area contributed by atoms with Gasteiger partial charge in [0.25, 0.3) is 5.91 Å². The van der Waals surface area contributed by atoms with E-state index in [9.17, 15) is 4.79 Å². The molecule has 2 aromatic heterocycles. The molecule has 0 saturated heterocycles. The second kappa shape index (κ2) is 8.97. The van der Waals surface area contributed by atoms with Gasteiger partial charge in [-0.2, -0.15) is 5.10 Å². The van der Waals surface area contributed by atoms with E-state index in [1.54, 1.807) is 17.7 Å². The Morgan fingerprint density at radius 1 is 1.00 bits per heavy atom. The van der Waals surface area contributed by atoms with Crippen LogP contribution in [0.1, 0.15) is 10.5 Å². The third-order valence-corrected chi connectivity index (χ3v) is 4.96. The molecule has 4 aromatic rings. The van der Waals surface area contributed by atoms with Crippen molar-refractivity contribution in [2.45, 2.75) is 0 Å². The minimum absolute atomic E-state index is 0.188. The fourth-order valence-corrected chi connectivity index (χ4v) is 3.28. The molecule has 0 spiro atoms. The minimum atomic E-state index is -0.188. The highest BCUT2D eigenvalue weighted by atomic mass is 16.5. The molecule has 4 rings (SSSR count). The van der Waals surface area contributed by atoms with Crippen molar-refractivity contribution in [2.24, 2.45) is 0 Å². The highest BCUT2D eigenvalue weighted by Crippen LogP contribution is 2.25. The zero-order valence-corrected chi connectivity index (χ0v) is 17.9. The van der Waals surface area contributed by atoms with E-state index in [1.807, 2.05) is 79.7 Å². The van der Waals surface area contributed by atoms with Crippen LogP contribution in [0.25, 0.3) is 28.2 Å². The lowest BCUT2D eigenvalue weighted by Gasteiger charge is -2.12. The number of likely N-dealkylation sites (N-methyl/N-ethyl adjacent to an activating group) is 1. The molecule has 0 aliphatic carbocycles. The number of rotatable bonds is 7. The van der Waals surface area contributed by atoms with E-state index >= 15 is 0 Å². The molecular weight excluding hydrogens is 390 g/mol. The number of hydrogen-bond donors (Lipinski definition) is 1. The van der Waals surface area contributed by atoms with E-state index < -0.39 is 0 Å². The first kappa shape index (κ1) is 20.6. The molecule has 7 nitrogen and oxygen atoms in total. The number of amides is 1. The largest absolute Gasteiger partial charge is 0.497 e. The van der Waals surface area contributed by atoms with Gasteiger partial charge in [-0.15, -0.1) is 0 Å². The van der Waals surface area contributed by atoms with Gasteiger partial charge < -0.3 is 15.0 Å². The average molecular weight is 415 g/mol. The van der Waals surface area contributed by atoms with Crippen LogP contribution in [0.3, 0.4) is 0 Å². The van der Waals surface area contributed by atoms with Crippen molar-refractivity contribution in [3.63, 3.8) is 0 Å². The summed E-state index contributed by atoms with van der Waals surface area (Å²) in [5.41, 5.74) is 4.39. The fourth-order valence-electron chi connectivity index (χ4n) is 3.28. The summed E-state index contributed by atoms with van der Waals surface area (Å²) in [5.74, 6) is 0.578. The molecule has 1 N–H and O–H groups in total. The molecule has 2 aromatic carbocycles. The number of hydrogen-bond acceptors (Lipinski definition) is 5. The zero-order valence-electron chi connectivity index (χ0n) is 17.9. The van der Waals surface area contributed by atoms with Gasteiger partial charge in [-0.25, -0.2) is 9.50 Å². The quantitative estimate of drug-likeness (QED) is 0.501. The number of methoxy groups -OCH3 is 1. The molecule has 0 aliphatic rings. The lowest BCUT2D eigenvalue weighted by atomic mass is 10.1. The van der Waals surface area contributed by atoms with Crippen LogP contribution in [-0.2, 0) is 0 Å². The topological polar surface area (TPSA) is 71.8 Å². The van der Waals surface area contributed by atoms with E-state index in [4.69, 9.17) is 9.72 Å². The summed E-state index contributed by atoms with van der Waals surface area (Å²) in [4.78, 5) is 19.8. The Balaban J connectivity index is 1.79. The summed E-state index contributed by atoms with van der Waals surface area (Å²) in [7, 11) is 5.57. The summed E-state index contributed by atoms with van der Waals surface area (Å²) in [6.07, 6.45) is 0. The van der Waals surface area contributed by atoms with E-state index in [2.05, 4.69) is 10.4 Å². The number of carbonyl (C=O) groups is 1. The lowest BCUT2D eigenvalue weighted by molar-refractivity contribution is 0.0943. The SMILES string of the molecule is COc1ccc(-c2cc(C(=O)NCCN(C)C)n3nc(-c4ccccc4)cc3n2)cc1. The number of benzene rings is 2. The Hall–Kier alpha value is -3.71. The first-order valence-corrected chi connectivity index (χ1v) is 10.1. The summed E-state index contributed by atoms with van der Waals surface area (Å²) in [6.45, 7) is 1.29. The third kappa shape index (κ3) is 4.57.